The lowest BCUT2D eigenvalue weighted by Gasteiger charge is -2.44. The molecule has 3 N–H and O–H groups in total. The van der Waals surface area contributed by atoms with E-state index in [9.17, 15) is 15.2 Å². The highest BCUT2D eigenvalue weighted by molar-refractivity contribution is 5.81. The maximum Gasteiger partial charge on any atom is 0.274 e. The summed E-state index contributed by atoms with van der Waals surface area (Å²) in [6, 6.07) is 6.42. The molecule has 0 saturated carbocycles. The van der Waals surface area contributed by atoms with Crippen molar-refractivity contribution in [2.45, 2.75) is 18.9 Å². The van der Waals surface area contributed by atoms with Crippen LogP contribution < -0.4 is 5.73 Å². The zero-order valence-corrected chi connectivity index (χ0v) is 14.7. The molecule has 1 aromatic carbocycles. The van der Waals surface area contributed by atoms with E-state index < -0.39 is 17.3 Å². The molecule has 1 saturated heterocycles. The molecular formula is C17H18N6O5. The first-order valence-corrected chi connectivity index (χ1v) is 8.59. The Morgan fingerprint density at radius 3 is 2.93 bits per heavy atom. The van der Waals surface area contributed by atoms with Crippen molar-refractivity contribution < 1.29 is 19.5 Å². The average molecular weight is 386 g/mol. The van der Waals surface area contributed by atoms with E-state index in [1.165, 1.54) is 12.4 Å². The Kier molecular flexibility index (Phi) is 4.86. The molecule has 0 spiro atoms. The van der Waals surface area contributed by atoms with Gasteiger partial charge in [0.1, 0.15) is 18.1 Å². The summed E-state index contributed by atoms with van der Waals surface area (Å²) in [6.45, 7) is 0.153. The topological polar surface area (TPSA) is 151 Å². The fourth-order valence-corrected chi connectivity index (χ4v) is 3.29. The highest BCUT2D eigenvalue weighted by atomic mass is 16.6. The molecular weight excluding hydrogens is 368 g/mol. The minimum absolute atomic E-state index is 0.00963. The summed E-state index contributed by atoms with van der Waals surface area (Å²) in [4.78, 5) is 23.0. The van der Waals surface area contributed by atoms with Crippen molar-refractivity contribution in [1.29, 1.82) is 0 Å². The van der Waals surface area contributed by atoms with Crippen LogP contribution in [0.1, 0.15) is 11.8 Å². The number of aliphatic hydroxyl groups excluding tert-OH is 1. The van der Waals surface area contributed by atoms with Crippen LogP contribution in [-0.4, -0.2) is 48.9 Å². The van der Waals surface area contributed by atoms with Crippen molar-refractivity contribution in [2.24, 2.45) is 5.92 Å². The quantitative estimate of drug-likeness (QED) is 0.448. The maximum absolute atomic E-state index is 11.1. The molecule has 3 heterocycles. The molecule has 2 aromatic heterocycles. The summed E-state index contributed by atoms with van der Waals surface area (Å²) in [5.41, 5.74) is 7.30. The second kappa shape index (κ2) is 7.46. The largest absolute Gasteiger partial charge is 0.394 e. The molecule has 0 aliphatic carbocycles. The van der Waals surface area contributed by atoms with Gasteiger partial charge >= 0.3 is 0 Å². The van der Waals surface area contributed by atoms with Crippen molar-refractivity contribution in [2.75, 3.05) is 18.9 Å². The van der Waals surface area contributed by atoms with Gasteiger partial charge in [0.2, 0.25) is 0 Å². The zero-order chi connectivity index (χ0) is 19.7. The average Bonchev–Trinajstić information content (AvgIpc) is 3.10. The molecule has 146 valence electrons. The maximum atomic E-state index is 11.1. The minimum atomic E-state index is -0.442. The molecule has 3 atom stereocenters. The number of benzene rings is 1. The van der Waals surface area contributed by atoms with Gasteiger partial charge in [-0.05, 0) is 6.07 Å². The molecule has 0 amide bonds. The van der Waals surface area contributed by atoms with E-state index in [2.05, 4.69) is 15.0 Å². The number of nitrogens with zero attached hydrogens (tertiary/aromatic N) is 5. The van der Waals surface area contributed by atoms with Crippen molar-refractivity contribution in [1.82, 2.24) is 19.5 Å². The fraction of sp³-hybridized carbons (Fsp3) is 0.353. The molecule has 3 aromatic rings. The number of aliphatic hydroxyl groups is 1. The van der Waals surface area contributed by atoms with Gasteiger partial charge in [-0.2, -0.15) is 0 Å². The van der Waals surface area contributed by atoms with Crippen LogP contribution in [-0.2, 0) is 16.1 Å². The number of nitro benzene ring substituents is 1. The van der Waals surface area contributed by atoms with Crippen LogP contribution in [0.15, 0.2) is 36.9 Å². The summed E-state index contributed by atoms with van der Waals surface area (Å²) in [5, 5.41) is 20.6. The molecule has 0 bridgehead atoms. The summed E-state index contributed by atoms with van der Waals surface area (Å²) in [7, 11) is 0. The van der Waals surface area contributed by atoms with Crippen LogP contribution in [0.3, 0.4) is 0 Å². The molecule has 0 unspecified atom stereocenters. The van der Waals surface area contributed by atoms with Crippen LogP contribution in [0.4, 0.5) is 11.5 Å². The second-order valence-corrected chi connectivity index (χ2v) is 6.40. The van der Waals surface area contributed by atoms with Crippen molar-refractivity contribution in [3.63, 3.8) is 0 Å². The molecule has 1 aliphatic rings. The summed E-state index contributed by atoms with van der Waals surface area (Å²) in [5.74, 6) is 0.0901. The lowest BCUT2D eigenvalue weighted by atomic mass is 9.95. The smallest absolute Gasteiger partial charge is 0.274 e. The Hall–Kier alpha value is -3.15. The number of ether oxygens (including phenoxy) is 2. The number of rotatable bonds is 7. The van der Waals surface area contributed by atoms with Gasteiger partial charge in [-0.3, -0.25) is 14.7 Å². The van der Waals surface area contributed by atoms with Crippen molar-refractivity contribution in [3.8, 4) is 0 Å². The second-order valence-electron chi connectivity index (χ2n) is 6.40. The Balaban J connectivity index is 1.48. The molecule has 11 nitrogen and oxygen atoms in total. The predicted octanol–water partition coefficient (Wildman–Crippen LogP) is 1.04. The third-order valence-corrected chi connectivity index (χ3v) is 4.76. The van der Waals surface area contributed by atoms with Gasteiger partial charge in [-0.15, -0.1) is 0 Å². The number of imidazole rings is 1. The van der Waals surface area contributed by atoms with E-state index in [1.807, 2.05) is 0 Å². The van der Waals surface area contributed by atoms with Gasteiger partial charge in [0.05, 0.1) is 48.7 Å². The van der Waals surface area contributed by atoms with Gasteiger partial charge in [0, 0.05) is 6.07 Å². The number of nitro groups is 1. The molecule has 0 radical (unpaired) electrons. The number of fused-ring (bicyclic) bond motifs is 1. The van der Waals surface area contributed by atoms with E-state index in [0.29, 0.717) is 16.7 Å². The predicted molar refractivity (Wildman–Crippen MR) is 97.0 cm³/mol. The highest BCUT2D eigenvalue weighted by Crippen LogP contribution is 2.39. The lowest BCUT2D eigenvalue weighted by molar-refractivity contribution is -0.386. The minimum Gasteiger partial charge on any atom is -0.394 e. The van der Waals surface area contributed by atoms with E-state index in [-0.39, 0.29) is 37.2 Å². The summed E-state index contributed by atoms with van der Waals surface area (Å²) < 4.78 is 13.2. The molecule has 1 fully saturated rings. The first kappa shape index (κ1) is 18.2. The first-order chi connectivity index (χ1) is 13.6. The van der Waals surface area contributed by atoms with Gasteiger partial charge in [0.15, 0.2) is 11.5 Å². The zero-order valence-electron chi connectivity index (χ0n) is 14.7. The van der Waals surface area contributed by atoms with Crippen LogP contribution in [0.5, 0.6) is 0 Å². The Morgan fingerprint density at radius 1 is 1.32 bits per heavy atom. The monoisotopic (exact) mass is 386 g/mol. The molecule has 1 aliphatic heterocycles. The summed E-state index contributed by atoms with van der Waals surface area (Å²) in [6.07, 6.45) is 2.05. The number of anilines is 1. The number of nitrogens with two attached hydrogens (primary N) is 1. The fourth-order valence-electron chi connectivity index (χ4n) is 3.29. The van der Waals surface area contributed by atoms with Crippen LogP contribution in [0.25, 0.3) is 11.2 Å². The lowest BCUT2D eigenvalue weighted by Crippen LogP contribution is -2.49. The van der Waals surface area contributed by atoms with Crippen LogP contribution in [0.2, 0.25) is 0 Å². The third kappa shape index (κ3) is 3.15. The van der Waals surface area contributed by atoms with Crippen molar-refractivity contribution >= 4 is 22.7 Å². The molecule has 4 rings (SSSR count). The Morgan fingerprint density at radius 2 is 2.14 bits per heavy atom. The Labute approximate surface area is 158 Å². The van der Waals surface area contributed by atoms with Gasteiger partial charge in [-0.25, -0.2) is 15.0 Å². The number of aromatic nitrogens is 4. The summed E-state index contributed by atoms with van der Waals surface area (Å²) >= 11 is 0. The first-order valence-electron chi connectivity index (χ1n) is 8.59. The third-order valence-electron chi connectivity index (χ3n) is 4.76. The van der Waals surface area contributed by atoms with E-state index in [1.54, 1.807) is 29.1 Å². The number of nitrogen functional groups attached to an aromatic ring is 1. The molecule has 11 heteroatoms. The molecule has 28 heavy (non-hydrogen) atoms. The van der Waals surface area contributed by atoms with E-state index >= 15 is 0 Å². The van der Waals surface area contributed by atoms with Crippen LogP contribution >= 0.6 is 0 Å². The number of para-hydroxylation sites is 1. The van der Waals surface area contributed by atoms with E-state index in [4.69, 9.17) is 15.2 Å². The highest BCUT2D eigenvalue weighted by Gasteiger charge is 2.44. The van der Waals surface area contributed by atoms with E-state index in [0.717, 1.165) is 0 Å². The van der Waals surface area contributed by atoms with Gasteiger partial charge < -0.3 is 20.3 Å². The Bertz CT molecular complexity index is 1010. The number of hydrogen-bond donors (Lipinski definition) is 2. The van der Waals surface area contributed by atoms with Crippen molar-refractivity contribution in [3.05, 3.63) is 52.6 Å². The standard InChI is InChI=1S/C17H18N6O5/c18-15-14-16(20-8-19-15)22(9-21-14)17-11(13(5-24)28-17)7-27-6-10-3-1-2-4-12(10)23(25)26/h1-4,8-9,11,13,17,24H,5-7H2,(H2,18,19,20)/t11-,13-,17-/m1/s1. The SMILES string of the molecule is Nc1ncnc2c1ncn2[C@@H]1O[C@H](CO)[C@H]1COCc1ccccc1[N+](=O)[O-]. The van der Waals surface area contributed by atoms with Gasteiger partial charge in [0.25, 0.3) is 5.69 Å². The van der Waals surface area contributed by atoms with Gasteiger partial charge in [-0.1, -0.05) is 12.1 Å². The number of hydrogen-bond acceptors (Lipinski definition) is 9. The van der Waals surface area contributed by atoms with Crippen LogP contribution in [0, 0.1) is 16.0 Å². The normalized spacial score (nSPS) is 21.5.